The molecule has 0 atom stereocenters. The van der Waals surface area contributed by atoms with Gasteiger partial charge >= 0.3 is 0 Å². The number of rotatable bonds is 2. The Bertz CT molecular complexity index is 213. The van der Waals surface area contributed by atoms with Crippen molar-refractivity contribution in [3.8, 4) is 0 Å². The van der Waals surface area contributed by atoms with Gasteiger partial charge < -0.3 is 10.5 Å². The summed E-state index contributed by atoms with van der Waals surface area (Å²) >= 11 is 0. The van der Waals surface area contributed by atoms with Crippen molar-refractivity contribution in [1.82, 2.24) is 4.98 Å². The van der Waals surface area contributed by atoms with E-state index in [1.165, 1.54) is 0 Å². The van der Waals surface area contributed by atoms with Gasteiger partial charge in [0.25, 0.3) is 0 Å². The fourth-order valence-corrected chi connectivity index (χ4v) is 0.658. The molecule has 0 bridgehead atoms. The number of methoxy groups -OCH3 is 1. The Balaban J connectivity index is 2.81. The molecule has 0 spiro atoms. The van der Waals surface area contributed by atoms with E-state index in [2.05, 4.69) is 11.2 Å². The predicted molar refractivity (Wildman–Crippen MR) is 38.2 cm³/mol. The van der Waals surface area contributed by atoms with Crippen LogP contribution in [0, 0.1) is 6.20 Å². The topological polar surface area (TPSA) is 48.1 Å². The van der Waals surface area contributed by atoms with Gasteiger partial charge in [0.2, 0.25) is 0 Å². The SMILES string of the molecule is COCc1[c]nccc1N. The van der Waals surface area contributed by atoms with Crippen molar-refractivity contribution in [3.05, 3.63) is 24.0 Å². The monoisotopic (exact) mass is 137 g/mol. The lowest BCUT2D eigenvalue weighted by atomic mass is 10.2. The van der Waals surface area contributed by atoms with Gasteiger partial charge in [-0.15, -0.1) is 0 Å². The molecule has 3 nitrogen and oxygen atoms in total. The number of nitrogens with zero attached hydrogens (tertiary/aromatic N) is 1. The molecule has 53 valence electrons. The maximum absolute atomic E-state index is 5.56. The molecule has 10 heavy (non-hydrogen) atoms. The molecule has 0 aliphatic rings. The van der Waals surface area contributed by atoms with E-state index in [-0.39, 0.29) is 0 Å². The summed E-state index contributed by atoms with van der Waals surface area (Å²) < 4.78 is 4.86. The first-order valence-corrected chi connectivity index (χ1v) is 2.94. The average molecular weight is 137 g/mol. The van der Waals surface area contributed by atoms with Gasteiger partial charge in [-0.1, -0.05) is 0 Å². The van der Waals surface area contributed by atoms with Crippen molar-refractivity contribution in [3.63, 3.8) is 0 Å². The van der Waals surface area contributed by atoms with Crippen LogP contribution in [0.1, 0.15) is 5.56 Å². The van der Waals surface area contributed by atoms with Crippen LogP contribution in [-0.2, 0) is 11.3 Å². The molecule has 0 saturated carbocycles. The number of anilines is 1. The molecule has 0 saturated heterocycles. The van der Waals surface area contributed by atoms with E-state index in [0.717, 1.165) is 5.56 Å². The number of nitrogens with two attached hydrogens (primary N) is 1. The van der Waals surface area contributed by atoms with E-state index >= 15 is 0 Å². The van der Waals surface area contributed by atoms with E-state index in [1.54, 1.807) is 19.4 Å². The van der Waals surface area contributed by atoms with Crippen LogP contribution in [0.5, 0.6) is 0 Å². The van der Waals surface area contributed by atoms with Crippen molar-refractivity contribution in [1.29, 1.82) is 0 Å². The number of ether oxygens (including phenoxy) is 1. The van der Waals surface area contributed by atoms with Crippen LogP contribution in [0.2, 0.25) is 0 Å². The number of hydrogen-bond donors (Lipinski definition) is 1. The van der Waals surface area contributed by atoms with Crippen LogP contribution in [0.4, 0.5) is 5.69 Å². The molecule has 0 amide bonds. The van der Waals surface area contributed by atoms with Crippen molar-refractivity contribution in [2.24, 2.45) is 0 Å². The molecule has 1 heterocycles. The second-order valence-corrected chi connectivity index (χ2v) is 1.92. The molecular weight excluding hydrogens is 128 g/mol. The maximum Gasteiger partial charge on any atom is 0.0966 e. The first-order valence-electron chi connectivity index (χ1n) is 2.94. The molecule has 0 unspecified atom stereocenters. The third-order valence-electron chi connectivity index (χ3n) is 1.17. The summed E-state index contributed by atoms with van der Waals surface area (Å²) in [4.78, 5) is 3.78. The van der Waals surface area contributed by atoms with Gasteiger partial charge in [0.15, 0.2) is 0 Å². The van der Waals surface area contributed by atoms with Crippen LogP contribution < -0.4 is 5.73 Å². The summed E-state index contributed by atoms with van der Waals surface area (Å²) in [6, 6.07) is 1.73. The molecule has 1 rings (SSSR count). The second-order valence-electron chi connectivity index (χ2n) is 1.92. The van der Waals surface area contributed by atoms with E-state index in [9.17, 15) is 0 Å². The Kier molecular flexibility index (Phi) is 2.23. The lowest BCUT2D eigenvalue weighted by Crippen LogP contribution is -1.96. The number of nitrogen functional groups attached to an aromatic ring is 1. The third kappa shape index (κ3) is 1.45. The van der Waals surface area contributed by atoms with Crippen molar-refractivity contribution in [2.75, 3.05) is 12.8 Å². The van der Waals surface area contributed by atoms with Gasteiger partial charge in [-0.2, -0.15) is 0 Å². The zero-order chi connectivity index (χ0) is 7.40. The van der Waals surface area contributed by atoms with E-state index in [1.807, 2.05) is 0 Å². The Morgan fingerprint density at radius 2 is 2.60 bits per heavy atom. The molecule has 1 aromatic heterocycles. The zero-order valence-electron chi connectivity index (χ0n) is 5.79. The number of pyridine rings is 1. The van der Waals surface area contributed by atoms with Gasteiger partial charge in [0.1, 0.15) is 0 Å². The van der Waals surface area contributed by atoms with Gasteiger partial charge in [0.05, 0.1) is 12.8 Å². The minimum Gasteiger partial charge on any atom is -0.398 e. The van der Waals surface area contributed by atoms with E-state index in [4.69, 9.17) is 10.5 Å². The summed E-state index contributed by atoms with van der Waals surface area (Å²) in [6.07, 6.45) is 4.34. The molecule has 2 N–H and O–H groups in total. The molecule has 3 heteroatoms. The fourth-order valence-electron chi connectivity index (χ4n) is 0.658. The lowest BCUT2D eigenvalue weighted by molar-refractivity contribution is 0.185. The minimum absolute atomic E-state index is 0.472. The summed E-state index contributed by atoms with van der Waals surface area (Å²) in [5.74, 6) is 0. The van der Waals surface area contributed by atoms with Gasteiger partial charge in [-0.3, -0.25) is 4.98 Å². The zero-order valence-corrected chi connectivity index (χ0v) is 5.79. The molecule has 0 aromatic carbocycles. The van der Waals surface area contributed by atoms with E-state index in [0.29, 0.717) is 12.3 Å². The number of aromatic nitrogens is 1. The predicted octanol–water partition coefficient (Wildman–Crippen LogP) is 0.610. The van der Waals surface area contributed by atoms with Crippen LogP contribution in [0.25, 0.3) is 0 Å². The standard InChI is InChI=1S/C7H9N2O/c1-10-5-6-4-9-3-2-7(6)8/h2-3H,5H2,1H3,(H2,8,9). The normalized spacial score (nSPS) is 9.70. The maximum atomic E-state index is 5.56. The van der Waals surface area contributed by atoms with Gasteiger partial charge in [0, 0.05) is 24.6 Å². The van der Waals surface area contributed by atoms with Gasteiger partial charge in [-0.25, -0.2) is 0 Å². The Morgan fingerprint density at radius 3 is 3.20 bits per heavy atom. The summed E-state index contributed by atoms with van der Waals surface area (Å²) in [6.45, 7) is 0.472. The molecule has 1 aromatic rings. The Labute approximate surface area is 59.8 Å². The largest absolute Gasteiger partial charge is 0.398 e. The minimum atomic E-state index is 0.472. The van der Waals surface area contributed by atoms with Crippen molar-refractivity contribution in [2.45, 2.75) is 6.61 Å². The second kappa shape index (κ2) is 3.17. The summed E-state index contributed by atoms with van der Waals surface area (Å²) in [5, 5.41) is 0. The van der Waals surface area contributed by atoms with Crippen LogP contribution in [0.15, 0.2) is 12.3 Å². The summed E-state index contributed by atoms with van der Waals surface area (Å²) in [7, 11) is 1.61. The molecule has 0 aliphatic carbocycles. The average Bonchev–Trinajstić information content (AvgIpc) is 1.94. The first-order chi connectivity index (χ1) is 4.84. The summed E-state index contributed by atoms with van der Waals surface area (Å²) in [5.41, 5.74) is 7.04. The van der Waals surface area contributed by atoms with Crippen molar-refractivity contribution < 1.29 is 4.74 Å². The highest BCUT2D eigenvalue weighted by Gasteiger charge is 1.95. The lowest BCUT2D eigenvalue weighted by Gasteiger charge is -2.00. The fraction of sp³-hybridized carbons (Fsp3) is 0.286. The molecular formula is C7H9N2O. The third-order valence-corrected chi connectivity index (χ3v) is 1.17. The highest BCUT2D eigenvalue weighted by molar-refractivity contribution is 5.43. The molecule has 0 fully saturated rings. The smallest absolute Gasteiger partial charge is 0.0966 e. The first kappa shape index (κ1) is 7.02. The van der Waals surface area contributed by atoms with Crippen LogP contribution >= 0.6 is 0 Å². The van der Waals surface area contributed by atoms with E-state index < -0.39 is 0 Å². The molecule has 1 radical (unpaired) electrons. The van der Waals surface area contributed by atoms with Gasteiger partial charge in [-0.05, 0) is 6.07 Å². The Hall–Kier alpha value is -1.09. The Morgan fingerprint density at radius 1 is 1.80 bits per heavy atom. The highest BCUT2D eigenvalue weighted by atomic mass is 16.5. The molecule has 0 aliphatic heterocycles. The number of hydrogen-bond acceptors (Lipinski definition) is 3. The van der Waals surface area contributed by atoms with Crippen LogP contribution in [-0.4, -0.2) is 12.1 Å². The van der Waals surface area contributed by atoms with Crippen LogP contribution in [0.3, 0.4) is 0 Å². The highest BCUT2D eigenvalue weighted by Crippen LogP contribution is 2.07. The quantitative estimate of drug-likeness (QED) is 0.649. The van der Waals surface area contributed by atoms with Crippen molar-refractivity contribution >= 4 is 5.69 Å².